The summed E-state index contributed by atoms with van der Waals surface area (Å²) in [5, 5.41) is 0. The van der Waals surface area contributed by atoms with Crippen molar-refractivity contribution < 1.29 is 0 Å². The van der Waals surface area contributed by atoms with Gasteiger partial charge < -0.3 is 6.15 Å². The third-order valence-electron chi connectivity index (χ3n) is 4.14. The summed E-state index contributed by atoms with van der Waals surface area (Å²) in [7, 11) is 0. The van der Waals surface area contributed by atoms with Crippen molar-refractivity contribution in [1.29, 1.82) is 0 Å². The molecule has 0 bridgehead atoms. The molecule has 3 N–H and O–H groups in total. The van der Waals surface area contributed by atoms with E-state index >= 15 is 0 Å². The molecule has 0 spiro atoms. The van der Waals surface area contributed by atoms with E-state index in [4.69, 9.17) is 0 Å². The Labute approximate surface area is 105 Å². The lowest BCUT2D eigenvalue weighted by Crippen LogP contribution is -2.36. The molecule has 0 aromatic heterocycles. The Bertz CT molecular complexity index is 349. The van der Waals surface area contributed by atoms with Crippen LogP contribution in [0.1, 0.15) is 37.7 Å². The summed E-state index contributed by atoms with van der Waals surface area (Å²) in [4.78, 5) is 2.73. The van der Waals surface area contributed by atoms with Crippen LogP contribution in [0.25, 0.3) is 0 Å². The maximum atomic E-state index is 2.73. The molecule has 1 aromatic carbocycles. The minimum atomic E-state index is 0. The summed E-state index contributed by atoms with van der Waals surface area (Å²) in [6, 6.07) is 11.9. The fraction of sp³-hybridized carbons (Fsp3) is 0.600. The first kappa shape index (κ1) is 12.6. The Morgan fingerprint density at radius 1 is 1.18 bits per heavy atom. The van der Waals surface area contributed by atoms with Gasteiger partial charge in [0.15, 0.2) is 0 Å². The minimum Gasteiger partial charge on any atom is -0.344 e. The van der Waals surface area contributed by atoms with Crippen LogP contribution in [0.3, 0.4) is 0 Å². The number of likely N-dealkylation sites (tertiary alicyclic amines) is 1. The second-order valence-corrected chi connectivity index (χ2v) is 5.56. The molecule has 1 aliphatic heterocycles. The molecule has 2 heteroatoms. The van der Waals surface area contributed by atoms with Crippen LogP contribution in [0.4, 0.5) is 0 Å². The predicted molar refractivity (Wildman–Crippen MR) is 72.6 cm³/mol. The second kappa shape index (κ2) is 5.19. The average molecular weight is 232 g/mol. The quantitative estimate of drug-likeness (QED) is 0.848. The molecule has 1 aliphatic carbocycles. The standard InChI is InChI=1S/C15H21N.H3N/c1-12-6-5-9-16(11-12)15-10-14(15)13-7-3-2-4-8-13;/h2-4,7-8,12,14-15H,5-6,9-11H2,1H3;1H3. The first-order chi connectivity index (χ1) is 7.84. The van der Waals surface area contributed by atoms with E-state index in [-0.39, 0.29) is 6.15 Å². The molecule has 0 radical (unpaired) electrons. The number of hydrogen-bond acceptors (Lipinski definition) is 2. The second-order valence-electron chi connectivity index (χ2n) is 5.56. The fourth-order valence-corrected chi connectivity index (χ4v) is 3.17. The highest BCUT2D eigenvalue weighted by molar-refractivity contribution is 5.27. The van der Waals surface area contributed by atoms with E-state index in [0.29, 0.717) is 0 Å². The fourth-order valence-electron chi connectivity index (χ4n) is 3.17. The van der Waals surface area contributed by atoms with Gasteiger partial charge in [0.25, 0.3) is 0 Å². The largest absolute Gasteiger partial charge is 0.344 e. The van der Waals surface area contributed by atoms with Gasteiger partial charge in [0.1, 0.15) is 0 Å². The summed E-state index contributed by atoms with van der Waals surface area (Å²) < 4.78 is 0. The third kappa shape index (κ3) is 2.70. The van der Waals surface area contributed by atoms with E-state index in [2.05, 4.69) is 42.2 Å². The Balaban J connectivity index is 0.00000108. The molecule has 3 unspecified atom stereocenters. The first-order valence-electron chi connectivity index (χ1n) is 6.63. The van der Waals surface area contributed by atoms with Crippen LogP contribution in [0.2, 0.25) is 0 Å². The Hall–Kier alpha value is -0.860. The third-order valence-corrected chi connectivity index (χ3v) is 4.14. The molecule has 1 heterocycles. The van der Waals surface area contributed by atoms with Crippen LogP contribution in [-0.2, 0) is 0 Å². The van der Waals surface area contributed by atoms with Gasteiger partial charge in [-0.05, 0) is 37.3 Å². The molecule has 2 nitrogen and oxygen atoms in total. The number of benzene rings is 1. The van der Waals surface area contributed by atoms with E-state index in [0.717, 1.165) is 17.9 Å². The van der Waals surface area contributed by atoms with Crippen LogP contribution in [-0.4, -0.2) is 24.0 Å². The average Bonchev–Trinajstić information content (AvgIpc) is 3.10. The predicted octanol–water partition coefficient (Wildman–Crippen LogP) is 3.44. The summed E-state index contributed by atoms with van der Waals surface area (Å²) in [6.07, 6.45) is 4.22. The molecule has 3 atom stereocenters. The lowest BCUT2D eigenvalue weighted by atomic mass is 10.00. The smallest absolute Gasteiger partial charge is 0.0171 e. The monoisotopic (exact) mass is 232 g/mol. The number of piperidine rings is 1. The summed E-state index contributed by atoms with van der Waals surface area (Å²) in [6.45, 7) is 5.05. The van der Waals surface area contributed by atoms with E-state index in [1.54, 1.807) is 5.56 Å². The zero-order chi connectivity index (χ0) is 11.0. The van der Waals surface area contributed by atoms with Gasteiger partial charge in [-0.25, -0.2) is 0 Å². The normalized spacial score (nSPS) is 32.9. The Morgan fingerprint density at radius 2 is 1.94 bits per heavy atom. The van der Waals surface area contributed by atoms with Crippen molar-refractivity contribution in [1.82, 2.24) is 11.1 Å². The van der Waals surface area contributed by atoms with Gasteiger partial charge in [0.2, 0.25) is 0 Å². The highest BCUT2D eigenvalue weighted by Crippen LogP contribution is 2.45. The Kier molecular flexibility index (Phi) is 3.85. The lowest BCUT2D eigenvalue weighted by Gasteiger charge is -2.31. The molecular formula is C15H24N2. The van der Waals surface area contributed by atoms with Gasteiger partial charge in [-0.15, -0.1) is 0 Å². The van der Waals surface area contributed by atoms with Gasteiger partial charge >= 0.3 is 0 Å². The van der Waals surface area contributed by atoms with Crippen molar-refractivity contribution in [3.05, 3.63) is 35.9 Å². The molecule has 1 aromatic rings. The van der Waals surface area contributed by atoms with Crippen molar-refractivity contribution in [2.24, 2.45) is 5.92 Å². The minimum absolute atomic E-state index is 0. The summed E-state index contributed by atoms with van der Waals surface area (Å²) in [5.41, 5.74) is 1.55. The van der Waals surface area contributed by atoms with Crippen LogP contribution >= 0.6 is 0 Å². The first-order valence-corrected chi connectivity index (χ1v) is 6.63. The van der Waals surface area contributed by atoms with Crippen molar-refractivity contribution in [3.63, 3.8) is 0 Å². The topological polar surface area (TPSA) is 38.2 Å². The van der Waals surface area contributed by atoms with Crippen molar-refractivity contribution in [3.8, 4) is 0 Å². The van der Waals surface area contributed by atoms with Gasteiger partial charge in [-0.3, -0.25) is 4.90 Å². The van der Waals surface area contributed by atoms with E-state index < -0.39 is 0 Å². The molecule has 17 heavy (non-hydrogen) atoms. The zero-order valence-corrected chi connectivity index (χ0v) is 10.8. The molecule has 2 fully saturated rings. The van der Waals surface area contributed by atoms with Crippen LogP contribution < -0.4 is 6.15 Å². The van der Waals surface area contributed by atoms with Crippen LogP contribution in [0.5, 0.6) is 0 Å². The molecular weight excluding hydrogens is 208 g/mol. The maximum Gasteiger partial charge on any atom is 0.0171 e. The number of nitrogens with zero attached hydrogens (tertiary/aromatic N) is 1. The van der Waals surface area contributed by atoms with E-state index in [1.807, 2.05) is 0 Å². The van der Waals surface area contributed by atoms with Crippen LogP contribution in [0.15, 0.2) is 30.3 Å². The summed E-state index contributed by atoms with van der Waals surface area (Å²) in [5.74, 6) is 1.73. The molecule has 1 saturated heterocycles. The molecule has 94 valence electrons. The van der Waals surface area contributed by atoms with Gasteiger partial charge in [0, 0.05) is 18.5 Å². The van der Waals surface area contributed by atoms with Gasteiger partial charge in [-0.1, -0.05) is 37.3 Å². The molecule has 0 amide bonds. The van der Waals surface area contributed by atoms with Crippen molar-refractivity contribution >= 4 is 0 Å². The maximum absolute atomic E-state index is 2.73. The molecule has 1 saturated carbocycles. The van der Waals surface area contributed by atoms with Gasteiger partial charge in [0.05, 0.1) is 0 Å². The summed E-state index contributed by atoms with van der Waals surface area (Å²) >= 11 is 0. The van der Waals surface area contributed by atoms with E-state index in [9.17, 15) is 0 Å². The number of hydrogen-bond donors (Lipinski definition) is 1. The van der Waals surface area contributed by atoms with Crippen molar-refractivity contribution in [2.45, 2.75) is 38.1 Å². The van der Waals surface area contributed by atoms with E-state index in [1.165, 1.54) is 32.4 Å². The highest BCUT2D eigenvalue weighted by atomic mass is 15.2. The number of rotatable bonds is 2. The van der Waals surface area contributed by atoms with Crippen LogP contribution in [0, 0.1) is 5.92 Å². The SMILES string of the molecule is CC1CCCN(C2CC2c2ccccc2)C1.N. The van der Waals surface area contributed by atoms with Crippen molar-refractivity contribution in [2.75, 3.05) is 13.1 Å². The highest BCUT2D eigenvalue weighted by Gasteiger charge is 2.43. The van der Waals surface area contributed by atoms with Gasteiger partial charge in [-0.2, -0.15) is 0 Å². The zero-order valence-electron chi connectivity index (χ0n) is 10.8. The molecule has 2 aliphatic rings. The lowest BCUT2D eigenvalue weighted by molar-refractivity contribution is 0.173. The molecule has 3 rings (SSSR count). The Morgan fingerprint density at radius 3 is 2.65 bits per heavy atom.